The zero-order valence-electron chi connectivity index (χ0n) is 6.92. The van der Waals surface area contributed by atoms with Crippen molar-refractivity contribution in [3.63, 3.8) is 0 Å². The molecule has 0 heterocycles. The maximum Gasteiger partial charge on any atom is 0.0471 e. The monoisotopic (exact) mass is 164 g/mol. The third-order valence-electron chi connectivity index (χ3n) is 1.22. The van der Waals surface area contributed by atoms with E-state index in [1.54, 1.807) is 7.11 Å². The van der Waals surface area contributed by atoms with Crippen LogP contribution in [-0.4, -0.2) is 28.9 Å². The third kappa shape index (κ3) is 4.94. The van der Waals surface area contributed by atoms with Crippen LogP contribution < -0.4 is 0 Å². The lowest BCUT2D eigenvalue weighted by molar-refractivity contribution is 0.200. The van der Waals surface area contributed by atoms with E-state index in [0.717, 1.165) is 18.8 Å². The molecule has 0 aliphatic heterocycles. The van der Waals surface area contributed by atoms with E-state index in [1.807, 2.05) is 13.8 Å². The summed E-state index contributed by atoms with van der Waals surface area (Å²) in [6.45, 7) is 4.67. The van der Waals surface area contributed by atoms with Gasteiger partial charge in [0.05, 0.1) is 0 Å². The second-order valence-corrected chi connectivity index (χ2v) is 4.59. The molecular weight excluding hydrogens is 148 g/mol. The molecule has 0 aliphatic rings. The van der Waals surface area contributed by atoms with Gasteiger partial charge in [-0.05, 0) is 6.42 Å². The normalized spacial score (nSPS) is 14.0. The van der Waals surface area contributed by atoms with E-state index < -0.39 is 10.8 Å². The fraction of sp³-hybridized carbons (Fsp3) is 1.00. The van der Waals surface area contributed by atoms with E-state index in [0.29, 0.717) is 0 Å². The predicted molar refractivity (Wildman–Crippen MR) is 44.6 cm³/mol. The highest BCUT2D eigenvalue weighted by Crippen LogP contribution is 1.96. The molecule has 10 heavy (non-hydrogen) atoms. The van der Waals surface area contributed by atoms with E-state index >= 15 is 0 Å². The molecule has 0 saturated heterocycles. The molecule has 1 unspecified atom stereocenters. The van der Waals surface area contributed by atoms with E-state index in [1.165, 1.54) is 0 Å². The zero-order chi connectivity index (χ0) is 7.98. The minimum absolute atomic E-state index is 0.289. The molecule has 0 aromatic carbocycles. The summed E-state index contributed by atoms with van der Waals surface area (Å²) in [4.78, 5) is 0. The van der Waals surface area contributed by atoms with Gasteiger partial charge in [0.1, 0.15) is 0 Å². The number of hydrogen-bond acceptors (Lipinski definition) is 2. The summed E-state index contributed by atoms with van der Waals surface area (Å²) in [6, 6.07) is 0. The second-order valence-electron chi connectivity index (χ2n) is 2.48. The highest BCUT2D eigenvalue weighted by molar-refractivity contribution is 7.85. The van der Waals surface area contributed by atoms with Crippen LogP contribution in [0.3, 0.4) is 0 Å². The topological polar surface area (TPSA) is 26.3 Å². The van der Waals surface area contributed by atoms with Crippen LogP contribution in [0, 0.1) is 0 Å². The molecule has 0 aliphatic carbocycles. The van der Waals surface area contributed by atoms with Gasteiger partial charge in [-0.15, -0.1) is 0 Å². The van der Waals surface area contributed by atoms with Gasteiger partial charge in [0.25, 0.3) is 0 Å². The Kier molecular flexibility index (Phi) is 5.93. The first-order valence-electron chi connectivity index (χ1n) is 3.54. The highest BCUT2D eigenvalue weighted by atomic mass is 32.2. The van der Waals surface area contributed by atoms with Gasteiger partial charge in [-0.25, -0.2) is 0 Å². The molecule has 0 spiro atoms. The zero-order valence-corrected chi connectivity index (χ0v) is 7.74. The maximum absolute atomic E-state index is 11.1. The van der Waals surface area contributed by atoms with E-state index in [4.69, 9.17) is 4.74 Å². The standard InChI is InChI=1S/C7H16O2S/c1-7(2)10(8)6-4-5-9-3/h7H,4-6H2,1-3H3. The Labute approximate surface area is 65.4 Å². The Morgan fingerprint density at radius 2 is 2.10 bits per heavy atom. The van der Waals surface area contributed by atoms with Gasteiger partial charge in [-0.2, -0.15) is 0 Å². The van der Waals surface area contributed by atoms with Crippen molar-refractivity contribution in [1.29, 1.82) is 0 Å². The molecule has 0 bridgehead atoms. The smallest absolute Gasteiger partial charge is 0.0471 e. The lowest BCUT2D eigenvalue weighted by Crippen LogP contribution is -2.10. The summed E-state index contributed by atoms with van der Waals surface area (Å²) in [5, 5.41) is 0.289. The molecule has 0 aromatic heterocycles. The van der Waals surface area contributed by atoms with Gasteiger partial charge in [0, 0.05) is 35.5 Å². The SMILES string of the molecule is COCCCS(=O)C(C)C. The van der Waals surface area contributed by atoms with Crippen LogP contribution in [0.15, 0.2) is 0 Å². The number of rotatable bonds is 5. The fourth-order valence-electron chi connectivity index (χ4n) is 0.581. The number of methoxy groups -OCH3 is 1. The molecule has 2 nitrogen and oxygen atoms in total. The summed E-state index contributed by atoms with van der Waals surface area (Å²) in [5.74, 6) is 0.769. The minimum atomic E-state index is -0.653. The Bertz CT molecular complexity index is 102. The minimum Gasteiger partial charge on any atom is -0.385 e. The van der Waals surface area contributed by atoms with Crippen LogP contribution in [0.25, 0.3) is 0 Å². The van der Waals surface area contributed by atoms with Crippen LogP contribution in [0.5, 0.6) is 0 Å². The van der Waals surface area contributed by atoms with Crippen LogP contribution in [-0.2, 0) is 15.5 Å². The lowest BCUT2D eigenvalue weighted by Gasteiger charge is -2.03. The van der Waals surface area contributed by atoms with E-state index in [-0.39, 0.29) is 5.25 Å². The number of ether oxygens (including phenoxy) is 1. The average molecular weight is 164 g/mol. The summed E-state index contributed by atoms with van der Waals surface area (Å²) in [5.41, 5.74) is 0. The Hall–Kier alpha value is 0.110. The van der Waals surface area contributed by atoms with Crippen molar-refractivity contribution >= 4 is 10.8 Å². The fourth-order valence-corrected chi connectivity index (χ4v) is 1.45. The average Bonchev–Trinajstić information content (AvgIpc) is 1.88. The first-order chi connectivity index (χ1) is 4.68. The van der Waals surface area contributed by atoms with Crippen molar-refractivity contribution in [2.45, 2.75) is 25.5 Å². The largest absolute Gasteiger partial charge is 0.385 e. The quantitative estimate of drug-likeness (QED) is 0.570. The summed E-state index contributed by atoms with van der Waals surface area (Å²) in [6.07, 6.45) is 0.904. The molecule has 0 N–H and O–H groups in total. The van der Waals surface area contributed by atoms with Crippen molar-refractivity contribution in [3.8, 4) is 0 Å². The summed E-state index contributed by atoms with van der Waals surface area (Å²) >= 11 is 0. The van der Waals surface area contributed by atoms with Crippen LogP contribution in [0.4, 0.5) is 0 Å². The Morgan fingerprint density at radius 1 is 1.50 bits per heavy atom. The first kappa shape index (κ1) is 10.1. The molecule has 0 fully saturated rings. The van der Waals surface area contributed by atoms with Gasteiger partial charge in [0.2, 0.25) is 0 Å². The highest BCUT2D eigenvalue weighted by Gasteiger charge is 2.02. The molecule has 62 valence electrons. The molecule has 3 heteroatoms. The predicted octanol–water partition coefficient (Wildman–Crippen LogP) is 1.18. The third-order valence-corrected chi connectivity index (χ3v) is 2.96. The Balaban J connectivity index is 3.22. The van der Waals surface area contributed by atoms with Gasteiger partial charge in [0.15, 0.2) is 0 Å². The van der Waals surface area contributed by atoms with Crippen LogP contribution in [0.1, 0.15) is 20.3 Å². The summed E-state index contributed by atoms with van der Waals surface area (Å²) < 4.78 is 15.9. The molecule has 0 aromatic rings. The van der Waals surface area contributed by atoms with Gasteiger partial charge in [-0.1, -0.05) is 13.8 Å². The van der Waals surface area contributed by atoms with Crippen molar-refractivity contribution < 1.29 is 8.95 Å². The Morgan fingerprint density at radius 3 is 2.50 bits per heavy atom. The molecule has 0 rings (SSSR count). The second kappa shape index (κ2) is 5.86. The van der Waals surface area contributed by atoms with Crippen molar-refractivity contribution in [2.24, 2.45) is 0 Å². The van der Waals surface area contributed by atoms with Crippen molar-refractivity contribution in [2.75, 3.05) is 19.5 Å². The maximum atomic E-state index is 11.1. The van der Waals surface area contributed by atoms with Crippen molar-refractivity contribution in [3.05, 3.63) is 0 Å². The molecule has 0 amide bonds. The van der Waals surface area contributed by atoms with Gasteiger partial charge >= 0.3 is 0 Å². The number of hydrogen-bond donors (Lipinski definition) is 0. The van der Waals surface area contributed by atoms with Crippen LogP contribution >= 0.6 is 0 Å². The first-order valence-corrected chi connectivity index (χ1v) is 4.92. The van der Waals surface area contributed by atoms with E-state index in [2.05, 4.69) is 0 Å². The van der Waals surface area contributed by atoms with E-state index in [9.17, 15) is 4.21 Å². The molecule has 0 radical (unpaired) electrons. The molecule has 0 saturated carbocycles. The van der Waals surface area contributed by atoms with Gasteiger partial charge < -0.3 is 4.74 Å². The van der Waals surface area contributed by atoms with Crippen molar-refractivity contribution in [1.82, 2.24) is 0 Å². The van der Waals surface area contributed by atoms with Gasteiger partial charge in [-0.3, -0.25) is 4.21 Å². The summed E-state index contributed by atoms with van der Waals surface area (Å²) in [7, 11) is 1.01. The molecule has 1 atom stereocenters. The van der Waals surface area contributed by atoms with Crippen LogP contribution in [0.2, 0.25) is 0 Å². The lowest BCUT2D eigenvalue weighted by atomic mass is 10.5. The molecular formula is C7H16O2S.